The molecule has 0 saturated heterocycles. The molecule has 0 aliphatic carbocycles. The first-order valence-electron chi connectivity index (χ1n) is 10.0. The molecule has 0 bridgehead atoms. The fraction of sp³-hybridized carbons (Fsp3) is 0.696. The van der Waals surface area contributed by atoms with E-state index in [4.69, 9.17) is 9.84 Å². The molecule has 2 unspecified atom stereocenters. The van der Waals surface area contributed by atoms with Crippen LogP contribution in [0.4, 0.5) is 0 Å². The van der Waals surface area contributed by atoms with Gasteiger partial charge >= 0.3 is 5.97 Å². The van der Waals surface area contributed by atoms with Crippen molar-refractivity contribution in [2.75, 3.05) is 6.61 Å². The van der Waals surface area contributed by atoms with Crippen molar-refractivity contribution in [2.45, 2.75) is 85.7 Å². The van der Waals surface area contributed by atoms with E-state index in [2.05, 4.69) is 20.8 Å². The van der Waals surface area contributed by atoms with Crippen molar-refractivity contribution in [1.29, 1.82) is 0 Å². The number of ether oxygens (including phenoxy) is 1. The Morgan fingerprint density at radius 3 is 1.92 bits per heavy atom. The molecule has 1 N–H and O–H groups in total. The monoisotopic (exact) mass is 364 g/mol. The zero-order valence-electron chi connectivity index (χ0n) is 17.9. The van der Waals surface area contributed by atoms with Crippen LogP contribution in [0.2, 0.25) is 0 Å². The van der Waals surface area contributed by atoms with Crippen molar-refractivity contribution in [3.8, 4) is 0 Å². The normalized spacial score (nSPS) is 13.6. The van der Waals surface area contributed by atoms with Gasteiger partial charge in [0.15, 0.2) is 0 Å². The summed E-state index contributed by atoms with van der Waals surface area (Å²) >= 11 is 0. The number of aliphatic hydroxyl groups excluding tert-OH is 1. The Labute approximate surface area is 161 Å². The summed E-state index contributed by atoms with van der Waals surface area (Å²) in [4.78, 5) is 12.0. The lowest BCUT2D eigenvalue weighted by molar-refractivity contribution is -0.160. The van der Waals surface area contributed by atoms with Gasteiger partial charge < -0.3 is 9.84 Å². The Bertz CT molecular complexity index is 470. The van der Waals surface area contributed by atoms with E-state index in [-0.39, 0.29) is 17.8 Å². The summed E-state index contributed by atoms with van der Waals surface area (Å²) in [5.41, 5.74) is 0.757. The molecule has 0 aliphatic heterocycles. The fourth-order valence-electron chi connectivity index (χ4n) is 2.79. The van der Waals surface area contributed by atoms with Crippen molar-refractivity contribution in [2.24, 2.45) is 11.8 Å². The topological polar surface area (TPSA) is 46.5 Å². The predicted octanol–water partition coefficient (Wildman–Crippen LogP) is 5.96. The molecule has 0 amide bonds. The van der Waals surface area contributed by atoms with Gasteiger partial charge in [-0.25, -0.2) is 0 Å². The van der Waals surface area contributed by atoms with Crippen LogP contribution in [0.5, 0.6) is 0 Å². The van der Waals surface area contributed by atoms with Crippen LogP contribution < -0.4 is 0 Å². The minimum Gasteiger partial charge on any atom is -0.460 e. The molecule has 3 heteroatoms. The Hall–Kier alpha value is -1.35. The molecule has 1 aromatic rings. The van der Waals surface area contributed by atoms with Gasteiger partial charge in [-0.3, -0.25) is 4.79 Å². The summed E-state index contributed by atoms with van der Waals surface area (Å²) in [6.07, 6.45) is 4.77. The first kappa shape index (κ1) is 24.7. The zero-order valence-corrected chi connectivity index (χ0v) is 17.9. The molecule has 0 spiro atoms. The van der Waals surface area contributed by atoms with Crippen LogP contribution in [0.3, 0.4) is 0 Å². The highest BCUT2D eigenvalue weighted by molar-refractivity contribution is 5.73. The lowest BCUT2D eigenvalue weighted by atomic mass is 9.89. The molecule has 1 rings (SSSR count). The number of rotatable bonds is 8. The summed E-state index contributed by atoms with van der Waals surface area (Å²) in [6, 6.07) is 10.1. The van der Waals surface area contributed by atoms with Crippen molar-refractivity contribution >= 4 is 5.97 Å². The molecule has 0 aromatic heterocycles. The summed E-state index contributed by atoms with van der Waals surface area (Å²) in [5, 5.41) is 8.79. The molecule has 150 valence electrons. The largest absolute Gasteiger partial charge is 0.460 e. The molecule has 3 nitrogen and oxygen atoms in total. The summed E-state index contributed by atoms with van der Waals surface area (Å²) in [6.45, 7) is 14.4. The van der Waals surface area contributed by atoms with Gasteiger partial charge in [0.1, 0.15) is 5.60 Å². The highest BCUT2D eigenvalue weighted by Gasteiger charge is 2.26. The van der Waals surface area contributed by atoms with Crippen molar-refractivity contribution in [3.63, 3.8) is 0 Å². The Balaban J connectivity index is 0.000000590. The van der Waals surface area contributed by atoms with E-state index in [1.54, 1.807) is 0 Å². The van der Waals surface area contributed by atoms with E-state index in [1.807, 2.05) is 58.0 Å². The summed E-state index contributed by atoms with van der Waals surface area (Å²) < 4.78 is 5.40. The van der Waals surface area contributed by atoms with Crippen LogP contribution in [0, 0.1) is 11.8 Å². The van der Waals surface area contributed by atoms with Gasteiger partial charge in [-0.15, -0.1) is 0 Å². The lowest BCUT2D eigenvalue weighted by Crippen LogP contribution is -2.29. The maximum atomic E-state index is 12.0. The number of aliphatic hydroxyl groups is 1. The zero-order chi connectivity index (χ0) is 20.2. The average molecular weight is 365 g/mol. The van der Waals surface area contributed by atoms with E-state index >= 15 is 0 Å². The molecular formula is C23H40O3. The van der Waals surface area contributed by atoms with Crippen LogP contribution in [0.15, 0.2) is 30.3 Å². The van der Waals surface area contributed by atoms with E-state index in [9.17, 15) is 4.79 Å². The second-order valence-corrected chi connectivity index (χ2v) is 8.15. The van der Waals surface area contributed by atoms with Crippen molar-refractivity contribution in [1.82, 2.24) is 0 Å². The van der Waals surface area contributed by atoms with Gasteiger partial charge in [0, 0.05) is 6.61 Å². The maximum absolute atomic E-state index is 12.0. The molecular weight excluding hydrogens is 324 g/mol. The third kappa shape index (κ3) is 10.6. The lowest BCUT2D eigenvalue weighted by Gasteiger charge is -2.25. The van der Waals surface area contributed by atoms with Crippen LogP contribution in [-0.2, 0) is 9.53 Å². The van der Waals surface area contributed by atoms with Gasteiger partial charge in [-0.05, 0) is 51.0 Å². The third-order valence-corrected chi connectivity index (χ3v) is 4.51. The quantitative estimate of drug-likeness (QED) is 0.579. The number of carbonyl (C=O) groups is 1. The standard InChI is InChI=1S/C15H22O2.C8H18O/c1-11(13-9-7-6-8-10-13)12(2)14(16)17-15(3,4)5;1-3-5-8(7-9)6-4-2/h6-12H,1-5H3;8-9H,3-7H2,1-2H3. The van der Waals surface area contributed by atoms with Crippen LogP contribution in [-0.4, -0.2) is 23.3 Å². The molecule has 0 saturated carbocycles. The molecule has 0 radical (unpaired) electrons. The van der Waals surface area contributed by atoms with E-state index < -0.39 is 5.60 Å². The number of carbonyl (C=O) groups excluding carboxylic acids is 1. The number of hydrogen-bond donors (Lipinski definition) is 1. The Kier molecular flexibility index (Phi) is 12.2. The van der Waals surface area contributed by atoms with Crippen molar-refractivity contribution in [3.05, 3.63) is 35.9 Å². The smallest absolute Gasteiger partial charge is 0.309 e. The third-order valence-electron chi connectivity index (χ3n) is 4.51. The van der Waals surface area contributed by atoms with Crippen molar-refractivity contribution < 1.29 is 14.6 Å². The summed E-state index contributed by atoms with van der Waals surface area (Å²) in [5.74, 6) is 0.483. The minimum absolute atomic E-state index is 0.128. The molecule has 1 aromatic carbocycles. The van der Waals surface area contributed by atoms with E-state index in [0.717, 1.165) is 0 Å². The predicted molar refractivity (Wildman–Crippen MR) is 110 cm³/mol. The van der Waals surface area contributed by atoms with Gasteiger partial charge in [-0.1, -0.05) is 70.9 Å². The van der Waals surface area contributed by atoms with Gasteiger partial charge in [-0.2, -0.15) is 0 Å². The van der Waals surface area contributed by atoms with E-state index in [0.29, 0.717) is 12.5 Å². The van der Waals surface area contributed by atoms with E-state index in [1.165, 1.54) is 31.2 Å². The maximum Gasteiger partial charge on any atom is 0.309 e. The highest BCUT2D eigenvalue weighted by atomic mass is 16.6. The molecule has 0 heterocycles. The fourth-order valence-corrected chi connectivity index (χ4v) is 2.79. The highest BCUT2D eigenvalue weighted by Crippen LogP contribution is 2.26. The number of esters is 1. The molecule has 2 atom stereocenters. The first-order valence-corrected chi connectivity index (χ1v) is 10.0. The van der Waals surface area contributed by atoms with Gasteiger partial charge in [0.25, 0.3) is 0 Å². The second kappa shape index (κ2) is 12.9. The Morgan fingerprint density at radius 2 is 1.54 bits per heavy atom. The molecule has 0 fully saturated rings. The number of hydrogen-bond acceptors (Lipinski definition) is 3. The second-order valence-electron chi connectivity index (χ2n) is 8.15. The van der Waals surface area contributed by atoms with Gasteiger partial charge in [0.2, 0.25) is 0 Å². The minimum atomic E-state index is -0.415. The number of benzene rings is 1. The molecule has 0 aliphatic rings. The first-order chi connectivity index (χ1) is 12.2. The average Bonchev–Trinajstić information content (AvgIpc) is 2.60. The van der Waals surface area contributed by atoms with Crippen LogP contribution in [0.1, 0.15) is 85.6 Å². The SMILES string of the molecule is CC(C(=O)OC(C)(C)C)C(C)c1ccccc1.CCCC(CO)CCC. The van der Waals surface area contributed by atoms with Crippen LogP contribution in [0.25, 0.3) is 0 Å². The summed E-state index contributed by atoms with van der Waals surface area (Å²) in [7, 11) is 0. The van der Waals surface area contributed by atoms with Gasteiger partial charge in [0.05, 0.1) is 5.92 Å². The Morgan fingerprint density at radius 1 is 1.04 bits per heavy atom. The molecule has 26 heavy (non-hydrogen) atoms. The van der Waals surface area contributed by atoms with Crippen LogP contribution >= 0.6 is 0 Å².